The molecule has 2 aromatic rings. The molecule has 1 nitrogen and oxygen atoms in total. The van der Waals surface area contributed by atoms with Gasteiger partial charge in [-0.2, -0.15) is 0 Å². The molecule has 3 heteroatoms. The zero-order chi connectivity index (χ0) is 14.7. The van der Waals surface area contributed by atoms with Gasteiger partial charge in [-0.15, -0.1) is 0 Å². The van der Waals surface area contributed by atoms with E-state index in [-0.39, 0.29) is 0 Å². The minimum absolute atomic E-state index is 0.783. The van der Waals surface area contributed by atoms with Crippen molar-refractivity contribution in [1.29, 1.82) is 0 Å². The largest absolute Gasteiger partial charge is 0.313 e. The van der Waals surface area contributed by atoms with E-state index < -0.39 is 0 Å². The van der Waals surface area contributed by atoms with Crippen molar-refractivity contribution in [1.82, 2.24) is 5.32 Å². The zero-order valence-electron chi connectivity index (χ0n) is 12.1. The van der Waals surface area contributed by atoms with Gasteiger partial charge in [0, 0.05) is 22.2 Å². The van der Waals surface area contributed by atoms with Gasteiger partial charge >= 0.3 is 0 Å². The van der Waals surface area contributed by atoms with Crippen molar-refractivity contribution in [3.8, 4) is 11.1 Å². The average molecular weight is 308 g/mol. The monoisotopic (exact) mass is 307 g/mol. The molecule has 2 aromatic carbocycles. The Kier molecular flexibility index (Phi) is 5.09. The van der Waals surface area contributed by atoms with E-state index in [1.807, 2.05) is 19.1 Å². The fraction of sp³-hybridized carbons (Fsp3) is 0.294. The molecular formula is C17H19Cl2N. The number of hydrogen-bond acceptors (Lipinski definition) is 1. The van der Waals surface area contributed by atoms with Crippen LogP contribution < -0.4 is 5.32 Å². The van der Waals surface area contributed by atoms with Crippen LogP contribution in [0.1, 0.15) is 23.6 Å². The van der Waals surface area contributed by atoms with Crippen LogP contribution in [-0.4, -0.2) is 6.54 Å². The number of benzene rings is 2. The molecule has 0 atom stereocenters. The Bertz CT molecular complexity index is 621. The second-order valence-electron chi connectivity index (χ2n) is 5.01. The number of hydrogen-bond donors (Lipinski definition) is 1. The Morgan fingerprint density at radius 3 is 2.30 bits per heavy atom. The third-order valence-corrected chi connectivity index (χ3v) is 4.13. The van der Waals surface area contributed by atoms with Crippen molar-refractivity contribution < 1.29 is 0 Å². The summed E-state index contributed by atoms with van der Waals surface area (Å²) in [5.41, 5.74) is 5.61. The number of halogens is 2. The quantitative estimate of drug-likeness (QED) is 0.799. The molecule has 0 saturated heterocycles. The van der Waals surface area contributed by atoms with Crippen LogP contribution in [0.25, 0.3) is 11.1 Å². The number of aryl methyl sites for hydroxylation is 2. The second-order valence-corrected chi connectivity index (χ2v) is 5.83. The molecule has 0 heterocycles. The highest BCUT2D eigenvalue weighted by atomic mass is 35.5. The second kappa shape index (κ2) is 6.62. The van der Waals surface area contributed by atoms with Crippen molar-refractivity contribution in [2.24, 2.45) is 0 Å². The molecule has 0 aromatic heterocycles. The van der Waals surface area contributed by atoms with Crippen molar-refractivity contribution in [2.75, 3.05) is 6.54 Å². The predicted octanol–water partition coefficient (Wildman–Crippen LogP) is 5.39. The molecule has 1 N–H and O–H groups in total. The molecule has 0 aliphatic rings. The summed E-state index contributed by atoms with van der Waals surface area (Å²) in [4.78, 5) is 0. The van der Waals surface area contributed by atoms with E-state index in [2.05, 4.69) is 37.4 Å². The molecule has 106 valence electrons. The molecule has 0 unspecified atom stereocenters. The Morgan fingerprint density at radius 1 is 0.900 bits per heavy atom. The van der Waals surface area contributed by atoms with Crippen molar-refractivity contribution >= 4 is 23.2 Å². The topological polar surface area (TPSA) is 12.0 Å². The van der Waals surface area contributed by atoms with Gasteiger partial charge in [-0.05, 0) is 60.8 Å². The van der Waals surface area contributed by atoms with Gasteiger partial charge in [-0.3, -0.25) is 0 Å². The maximum absolute atomic E-state index is 6.45. The third kappa shape index (κ3) is 3.35. The normalized spacial score (nSPS) is 10.8. The minimum atomic E-state index is 0.783. The molecule has 0 amide bonds. The van der Waals surface area contributed by atoms with Crippen LogP contribution in [0.2, 0.25) is 10.0 Å². The fourth-order valence-electron chi connectivity index (χ4n) is 2.23. The van der Waals surface area contributed by atoms with Gasteiger partial charge in [0.05, 0.1) is 0 Å². The maximum atomic E-state index is 6.45. The zero-order valence-corrected chi connectivity index (χ0v) is 13.6. The molecular weight excluding hydrogens is 289 g/mol. The van der Waals surface area contributed by atoms with E-state index in [9.17, 15) is 0 Å². The molecule has 0 spiro atoms. The van der Waals surface area contributed by atoms with Gasteiger partial charge in [0.25, 0.3) is 0 Å². The summed E-state index contributed by atoms with van der Waals surface area (Å²) >= 11 is 12.6. The molecule has 2 rings (SSSR count). The maximum Gasteiger partial charge on any atom is 0.0487 e. The standard InChI is InChI=1S/C17H19Cl2N/c1-4-20-10-13-5-6-14(17(19)9-13)15-7-12(3)16(18)8-11(15)2/h5-9,20H,4,10H2,1-3H3. The minimum Gasteiger partial charge on any atom is -0.313 e. The Labute approximate surface area is 130 Å². The fourth-order valence-corrected chi connectivity index (χ4v) is 2.75. The first-order valence-corrected chi connectivity index (χ1v) is 7.54. The third-order valence-electron chi connectivity index (χ3n) is 3.41. The summed E-state index contributed by atoms with van der Waals surface area (Å²) in [5, 5.41) is 4.88. The molecule has 0 aliphatic carbocycles. The predicted molar refractivity (Wildman–Crippen MR) is 88.8 cm³/mol. The molecule has 0 saturated carbocycles. The molecule has 0 radical (unpaired) electrons. The van der Waals surface area contributed by atoms with Crippen molar-refractivity contribution in [3.05, 3.63) is 57.1 Å². The molecule has 0 fully saturated rings. The lowest BCUT2D eigenvalue weighted by Crippen LogP contribution is -2.11. The van der Waals surface area contributed by atoms with Gasteiger partial charge < -0.3 is 5.32 Å². The highest BCUT2D eigenvalue weighted by molar-refractivity contribution is 6.33. The number of nitrogens with one attached hydrogen (secondary N) is 1. The average Bonchev–Trinajstić information content (AvgIpc) is 2.41. The van der Waals surface area contributed by atoms with Gasteiger partial charge in [-0.1, -0.05) is 42.3 Å². The van der Waals surface area contributed by atoms with E-state index in [0.717, 1.165) is 45.4 Å². The van der Waals surface area contributed by atoms with Gasteiger partial charge in [0.2, 0.25) is 0 Å². The van der Waals surface area contributed by atoms with Crippen LogP contribution in [0.3, 0.4) is 0 Å². The van der Waals surface area contributed by atoms with Gasteiger partial charge in [0.1, 0.15) is 0 Å². The summed E-state index contributed by atoms with van der Waals surface area (Å²) in [6.45, 7) is 7.96. The first-order valence-electron chi connectivity index (χ1n) is 6.79. The highest BCUT2D eigenvalue weighted by Crippen LogP contribution is 2.33. The van der Waals surface area contributed by atoms with E-state index in [1.165, 1.54) is 5.56 Å². The van der Waals surface area contributed by atoms with Crippen molar-refractivity contribution in [2.45, 2.75) is 27.3 Å². The van der Waals surface area contributed by atoms with E-state index in [1.54, 1.807) is 0 Å². The Hall–Kier alpha value is -1.02. The van der Waals surface area contributed by atoms with Crippen LogP contribution in [-0.2, 0) is 6.54 Å². The lowest BCUT2D eigenvalue weighted by Gasteiger charge is -2.12. The van der Waals surface area contributed by atoms with E-state index in [0.29, 0.717) is 0 Å². The molecule has 20 heavy (non-hydrogen) atoms. The van der Waals surface area contributed by atoms with E-state index >= 15 is 0 Å². The summed E-state index contributed by atoms with van der Waals surface area (Å²) in [7, 11) is 0. The van der Waals surface area contributed by atoms with Crippen LogP contribution in [0.15, 0.2) is 30.3 Å². The summed E-state index contributed by atoms with van der Waals surface area (Å²) < 4.78 is 0. The SMILES string of the molecule is CCNCc1ccc(-c2cc(C)c(Cl)cc2C)c(Cl)c1. The molecule has 0 aliphatic heterocycles. The lowest BCUT2D eigenvalue weighted by molar-refractivity contribution is 0.727. The van der Waals surface area contributed by atoms with E-state index in [4.69, 9.17) is 23.2 Å². The number of rotatable bonds is 4. The Morgan fingerprint density at radius 2 is 1.65 bits per heavy atom. The first kappa shape index (κ1) is 15.4. The molecule has 0 bridgehead atoms. The highest BCUT2D eigenvalue weighted by Gasteiger charge is 2.09. The van der Waals surface area contributed by atoms with Crippen LogP contribution in [0, 0.1) is 13.8 Å². The smallest absolute Gasteiger partial charge is 0.0487 e. The van der Waals surface area contributed by atoms with Gasteiger partial charge in [0.15, 0.2) is 0 Å². The lowest BCUT2D eigenvalue weighted by atomic mass is 9.97. The van der Waals surface area contributed by atoms with Crippen LogP contribution >= 0.6 is 23.2 Å². The van der Waals surface area contributed by atoms with Crippen LogP contribution in [0.5, 0.6) is 0 Å². The van der Waals surface area contributed by atoms with Crippen molar-refractivity contribution in [3.63, 3.8) is 0 Å². The summed E-state index contributed by atoms with van der Waals surface area (Å²) in [6.07, 6.45) is 0. The first-order chi connectivity index (χ1) is 9.52. The van der Waals surface area contributed by atoms with Crippen LogP contribution in [0.4, 0.5) is 0 Å². The Balaban J connectivity index is 2.41. The summed E-state index contributed by atoms with van der Waals surface area (Å²) in [5.74, 6) is 0. The van der Waals surface area contributed by atoms with Gasteiger partial charge in [-0.25, -0.2) is 0 Å². The summed E-state index contributed by atoms with van der Waals surface area (Å²) in [6, 6.07) is 10.3.